The van der Waals surface area contributed by atoms with E-state index in [1.54, 1.807) is 38.1 Å². The Morgan fingerprint density at radius 1 is 1.24 bits per heavy atom. The topological polar surface area (TPSA) is 90.0 Å². The van der Waals surface area contributed by atoms with Gasteiger partial charge in [-0.1, -0.05) is 30.3 Å². The number of hydrogen-bond donors (Lipinski definition) is 0. The van der Waals surface area contributed by atoms with Crippen LogP contribution in [0.3, 0.4) is 0 Å². The van der Waals surface area contributed by atoms with Crippen molar-refractivity contribution >= 4 is 33.8 Å². The third kappa shape index (κ3) is 4.10. The standard InChI is InChI=1S/C17H18F3NO6S2/c1-16(2)12(15(23)26-8-10-6-4-3-5-7-10)21-13(22)11(14(21)28-16)9-27-29(24,25)17(18,19)20/h3-7,11-12,14H,8-9H2,1-2H3/t11-,12+,14-/m1/s1. The molecule has 0 unspecified atom stereocenters. The van der Waals surface area contributed by atoms with E-state index in [0.717, 1.165) is 5.56 Å². The van der Waals surface area contributed by atoms with Gasteiger partial charge in [0.15, 0.2) is 0 Å². The van der Waals surface area contributed by atoms with Crippen LogP contribution < -0.4 is 0 Å². The summed E-state index contributed by atoms with van der Waals surface area (Å²) in [5.41, 5.74) is -4.80. The highest BCUT2D eigenvalue weighted by molar-refractivity contribution is 8.01. The van der Waals surface area contributed by atoms with E-state index in [-0.39, 0.29) is 6.61 Å². The van der Waals surface area contributed by atoms with Crippen molar-refractivity contribution in [1.82, 2.24) is 4.90 Å². The first-order chi connectivity index (χ1) is 13.3. The summed E-state index contributed by atoms with van der Waals surface area (Å²) in [6.45, 7) is 2.50. The third-order valence-electron chi connectivity index (χ3n) is 4.68. The van der Waals surface area contributed by atoms with Crippen molar-refractivity contribution < 1.29 is 40.1 Å². The number of carbonyl (C=O) groups is 2. The zero-order valence-electron chi connectivity index (χ0n) is 15.4. The predicted molar refractivity (Wildman–Crippen MR) is 96.7 cm³/mol. The number of benzene rings is 1. The van der Waals surface area contributed by atoms with Crippen LogP contribution in [0.5, 0.6) is 0 Å². The number of fused-ring (bicyclic) bond motifs is 1. The Bertz CT molecular complexity index is 903. The van der Waals surface area contributed by atoms with Crippen LogP contribution in [-0.2, 0) is 35.2 Å². The number of amides is 1. The molecule has 1 amide bonds. The molecule has 2 fully saturated rings. The maximum absolute atomic E-state index is 12.6. The summed E-state index contributed by atoms with van der Waals surface area (Å²) in [6.07, 6.45) is 0. The fourth-order valence-corrected chi connectivity index (χ4v) is 5.38. The Hall–Kier alpha value is -1.79. The lowest BCUT2D eigenvalue weighted by molar-refractivity contribution is -0.168. The molecule has 2 saturated heterocycles. The van der Waals surface area contributed by atoms with E-state index >= 15 is 0 Å². The maximum atomic E-state index is 12.6. The zero-order chi connectivity index (χ0) is 21.6. The molecule has 0 aliphatic carbocycles. The molecular formula is C17H18F3NO6S2. The Labute approximate surface area is 169 Å². The highest BCUT2D eigenvalue weighted by atomic mass is 32.2. The number of halogens is 3. The summed E-state index contributed by atoms with van der Waals surface area (Å²) in [5.74, 6) is -2.38. The molecular weight excluding hydrogens is 435 g/mol. The van der Waals surface area contributed by atoms with E-state index in [9.17, 15) is 31.2 Å². The van der Waals surface area contributed by atoms with Gasteiger partial charge in [0.25, 0.3) is 0 Å². The van der Waals surface area contributed by atoms with E-state index in [0.29, 0.717) is 0 Å². The third-order valence-corrected chi connectivity index (χ3v) is 7.33. The van der Waals surface area contributed by atoms with E-state index < -0.39 is 56.2 Å². The molecule has 1 aromatic rings. The number of thioether (sulfide) groups is 1. The quantitative estimate of drug-likeness (QED) is 0.283. The van der Waals surface area contributed by atoms with Crippen LogP contribution in [0.25, 0.3) is 0 Å². The molecule has 3 rings (SSSR count). The SMILES string of the molecule is CC1(C)S[C@@H]2[C@H](COS(=O)(=O)C(F)(F)F)C(=O)N2[C@H]1C(=O)OCc1ccccc1. The van der Waals surface area contributed by atoms with Crippen LogP contribution >= 0.6 is 11.8 Å². The van der Waals surface area contributed by atoms with Crippen LogP contribution in [0.15, 0.2) is 30.3 Å². The molecule has 2 aliphatic heterocycles. The van der Waals surface area contributed by atoms with Crippen molar-refractivity contribution in [3.63, 3.8) is 0 Å². The normalized spacial score (nSPS) is 26.0. The number of hydrogen-bond acceptors (Lipinski definition) is 7. The molecule has 12 heteroatoms. The first kappa shape index (κ1) is 21.9. The van der Waals surface area contributed by atoms with E-state index in [1.807, 2.05) is 6.07 Å². The van der Waals surface area contributed by atoms with Crippen LogP contribution in [0.4, 0.5) is 13.2 Å². The molecule has 1 aromatic carbocycles. The lowest BCUT2D eigenvalue weighted by atomic mass is 9.92. The van der Waals surface area contributed by atoms with Crippen molar-refractivity contribution in [3.8, 4) is 0 Å². The Kier molecular flexibility index (Phi) is 5.65. The molecule has 0 aromatic heterocycles. The first-order valence-corrected chi connectivity index (χ1v) is 10.8. The minimum absolute atomic E-state index is 0.0139. The van der Waals surface area contributed by atoms with Crippen molar-refractivity contribution in [2.75, 3.05) is 6.61 Å². The fraction of sp³-hybridized carbons (Fsp3) is 0.529. The van der Waals surface area contributed by atoms with Crippen LogP contribution in [0.1, 0.15) is 19.4 Å². The molecule has 2 aliphatic rings. The second kappa shape index (κ2) is 7.47. The maximum Gasteiger partial charge on any atom is 0.523 e. The number of β-lactam (4-membered cyclic amide) rings is 1. The second-order valence-electron chi connectivity index (χ2n) is 7.14. The molecule has 29 heavy (non-hydrogen) atoms. The lowest BCUT2D eigenvalue weighted by Gasteiger charge is -2.43. The summed E-state index contributed by atoms with van der Waals surface area (Å²) in [5, 5.41) is -0.671. The zero-order valence-corrected chi connectivity index (χ0v) is 17.0. The van der Waals surface area contributed by atoms with Gasteiger partial charge in [0.1, 0.15) is 12.6 Å². The fourth-order valence-electron chi connectivity index (χ4n) is 3.26. The van der Waals surface area contributed by atoms with Gasteiger partial charge in [0, 0.05) is 4.75 Å². The average molecular weight is 453 g/mol. The van der Waals surface area contributed by atoms with Gasteiger partial charge in [-0.15, -0.1) is 11.8 Å². The molecule has 7 nitrogen and oxygen atoms in total. The van der Waals surface area contributed by atoms with Gasteiger partial charge in [-0.2, -0.15) is 21.6 Å². The van der Waals surface area contributed by atoms with Crippen molar-refractivity contribution in [1.29, 1.82) is 0 Å². The number of rotatable bonds is 6. The smallest absolute Gasteiger partial charge is 0.459 e. The average Bonchev–Trinajstić information content (AvgIpc) is 2.87. The van der Waals surface area contributed by atoms with E-state index in [1.165, 1.54) is 16.7 Å². The van der Waals surface area contributed by atoms with Crippen molar-refractivity contribution in [2.24, 2.45) is 5.92 Å². The Morgan fingerprint density at radius 2 is 1.86 bits per heavy atom. The molecule has 3 atom stereocenters. The van der Waals surface area contributed by atoms with Crippen LogP contribution in [0, 0.1) is 5.92 Å². The second-order valence-corrected chi connectivity index (χ2v) is 10.5. The summed E-state index contributed by atoms with van der Waals surface area (Å²) in [6, 6.07) is 7.98. The van der Waals surface area contributed by atoms with Gasteiger partial charge >= 0.3 is 21.6 Å². The van der Waals surface area contributed by atoms with E-state index in [4.69, 9.17) is 4.74 Å². The first-order valence-electron chi connectivity index (χ1n) is 8.51. The monoisotopic (exact) mass is 453 g/mol. The molecule has 0 spiro atoms. The number of alkyl halides is 3. The van der Waals surface area contributed by atoms with Gasteiger partial charge in [0.05, 0.1) is 17.9 Å². The minimum atomic E-state index is -5.79. The summed E-state index contributed by atoms with van der Waals surface area (Å²) in [4.78, 5) is 26.3. The van der Waals surface area contributed by atoms with Crippen LogP contribution in [0.2, 0.25) is 0 Å². The van der Waals surface area contributed by atoms with Crippen molar-refractivity contribution in [2.45, 2.75) is 42.1 Å². The summed E-state index contributed by atoms with van der Waals surface area (Å²) < 4.78 is 67.9. The highest BCUT2D eigenvalue weighted by Crippen LogP contribution is 2.53. The molecule has 0 saturated carbocycles. The predicted octanol–water partition coefficient (Wildman–Crippen LogP) is 2.27. The van der Waals surface area contributed by atoms with Crippen molar-refractivity contribution in [3.05, 3.63) is 35.9 Å². The summed E-state index contributed by atoms with van der Waals surface area (Å²) >= 11 is 1.19. The molecule has 0 bridgehead atoms. The van der Waals surface area contributed by atoms with E-state index in [2.05, 4.69) is 4.18 Å². The van der Waals surface area contributed by atoms with Crippen LogP contribution in [-0.4, -0.2) is 53.5 Å². The number of ether oxygens (including phenoxy) is 1. The van der Waals surface area contributed by atoms with Gasteiger partial charge in [-0.3, -0.25) is 8.98 Å². The molecule has 0 N–H and O–H groups in total. The van der Waals surface area contributed by atoms with Gasteiger partial charge in [-0.25, -0.2) is 4.79 Å². The molecule has 160 valence electrons. The van der Waals surface area contributed by atoms with Gasteiger partial charge in [0.2, 0.25) is 5.91 Å². The Morgan fingerprint density at radius 3 is 2.45 bits per heavy atom. The number of nitrogens with zero attached hydrogens (tertiary/aromatic N) is 1. The Balaban J connectivity index is 1.66. The van der Waals surface area contributed by atoms with Gasteiger partial charge < -0.3 is 9.64 Å². The number of carbonyl (C=O) groups excluding carboxylic acids is 2. The number of esters is 1. The van der Waals surface area contributed by atoms with Gasteiger partial charge in [-0.05, 0) is 19.4 Å². The minimum Gasteiger partial charge on any atom is -0.459 e. The molecule has 2 heterocycles. The summed E-state index contributed by atoms with van der Waals surface area (Å²) in [7, 11) is -5.79. The largest absolute Gasteiger partial charge is 0.523 e. The molecule has 0 radical (unpaired) electrons. The highest BCUT2D eigenvalue weighted by Gasteiger charge is 2.64. The lowest BCUT2D eigenvalue weighted by Crippen LogP contribution is -2.64.